The van der Waals surface area contributed by atoms with Crippen LogP contribution in [0, 0.1) is 6.92 Å². The number of benzene rings is 1. The summed E-state index contributed by atoms with van der Waals surface area (Å²) < 4.78 is 5.01. The molecule has 0 unspecified atom stereocenters. The van der Waals surface area contributed by atoms with Crippen LogP contribution in [-0.2, 0) is 4.74 Å². The van der Waals surface area contributed by atoms with Crippen molar-refractivity contribution in [3.05, 3.63) is 36.0 Å². The van der Waals surface area contributed by atoms with Crippen molar-refractivity contribution in [3.8, 4) is 0 Å². The highest BCUT2D eigenvalue weighted by molar-refractivity contribution is 5.58. The van der Waals surface area contributed by atoms with Gasteiger partial charge in [0, 0.05) is 25.9 Å². The molecule has 2 aromatic rings. The number of aryl methyl sites for hydroxylation is 1. The number of aromatic nitrogens is 3. The molecule has 0 aliphatic heterocycles. The van der Waals surface area contributed by atoms with E-state index in [1.54, 1.807) is 13.3 Å². The van der Waals surface area contributed by atoms with Gasteiger partial charge in [-0.25, -0.2) is 0 Å². The molecule has 0 saturated heterocycles. The first-order valence-electron chi connectivity index (χ1n) is 7.01. The molecule has 21 heavy (non-hydrogen) atoms. The lowest BCUT2D eigenvalue weighted by molar-refractivity contribution is 0.210. The summed E-state index contributed by atoms with van der Waals surface area (Å²) in [6.45, 7) is 6.21. The highest BCUT2D eigenvalue weighted by Crippen LogP contribution is 2.22. The summed E-state index contributed by atoms with van der Waals surface area (Å²) >= 11 is 0. The summed E-state index contributed by atoms with van der Waals surface area (Å²) in [7, 11) is 1.67. The summed E-state index contributed by atoms with van der Waals surface area (Å²) in [5.74, 6) is 1.29. The van der Waals surface area contributed by atoms with Gasteiger partial charge in [-0.15, -0.1) is 5.10 Å². The molecule has 6 heteroatoms. The monoisotopic (exact) mass is 287 g/mol. The number of hydrogen-bond acceptors (Lipinski definition) is 6. The molecule has 0 aliphatic rings. The Morgan fingerprint density at radius 3 is 2.90 bits per heavy atom. The van der Waals surface area contributed by atoms with Gasteiger partial charge in [-0.05, 0) is 31.5 Å². The Kier molecular flexibility index (Phi) is 5.45. The molecule has 0 bridgehead atoms. The quantitative estimate of drug-likeness (QED) is 0.789. The molecule has 112 valence electrons. The minimum atomic E-state index is 0.588. The van der Waals surface area contributed by atoms with E-state index < -0.39 is 0 Å². The molecule has 0 saturated carbocycles. The Hall–Kier alpha value is -2.21. The van der Waals surface area contributed by atoms with Crippen LogP contribution in [0.15, 0.2) is 30.5 Å². The van der Waals surface area contributed by atoms with Gasteiger partial charge in [0.15, 0.2) is 5.82 Å². The molecular weight excluding hydrogens is 266 g/mol. The zero-order valence-corrected chi connectivity index (χ0v) is 12.7. The normalized spacial score (nSPS) is 10.4. The molecule has 0 radical (unpaired) electrons. The van der Waals surface area contributed by atoms with Crippen molar-refractivity contribution in [2.45, 2.75) is 13.8 Å². The van der Waals surface area contributed by atoms with E-state index in [-0.39, 0.29) is 0 Å². The Bertz CT molecular complexity index is 575. The molecule has 0 amide bonds. The molecular formula is C15H21N5O. The average molecular weight is 287 g/mol. The van der Waals surface area contributed by atoms with E-state index in [0.29, 0.717) is 24.9 Å². The maximum Gasteiger partial charge on any atom is 0.251 e. The van der Waals surface area contributed by atoms with Crippen LogP contribution in [-0.4, -0.2) is 42.0 Å². The first-order valence-corrected chi connectivity index (χ1v) is 7.01. The molecule has 0 aliphatic carbocycles. The first-order chi connectivity index (χ1) is 10.2. The largest absolute Gasteiger partial charge is 0.383 e. The third-order valence-electron chi connectivity index (χ3n) is 3.03. The van der Waals surface area contributed by atoms with Crippen molar-refractivity contribution in [2.75, 3.05) is 37.0 Å². The molecule has 6 nitrogen and oxygen atoms in total. The molecule has 1 aromatic carbocycles. The van der Waals surface area contributed by atoms with E-state index in [2.05, 4.69) is 46.5 Å². The van der Waals surface area contributed by atoms with E-state index in [9.17, 15) is 0 Å². The van der Waals surface area contributed by atoms with Crippen molar-refractivity contribution in [2.24, 2.45) is 0 Å². The summed E-state index contributed by atoms with van der Waals surface area (Å²) in [6, 6.07) is 8.25. The number of nitrogens with zero attached hydrogens (tertiary/aromatic N) is 4. The fourth-order valence-electron chi connectivity index (χ4n) is 2.01. The van der Waals surface area contributed by atoms with Gasteiger partial charge in [0.05, 0.1) is 12.8 Å². The average Bonchev–Trinajstić information content (AvgIpc) is 2.49. The number of nitrogens with one attached hydrogen (secondary N) is 1. The van der Waals surface area contributed by atoms with Crippen molar-refractivity contribution in [1.82, 2.24) is 15.2 Å². The summed E-state index contributed by atoms with van der Waals surface area (Å²) in [6.07, 6.45) is 1.61. The predicted molar refractivity (Wildman–Crippen MR) is 84.1 cm³/mol. The number of rotatable bonds is 7. The molecule has 2 rings (SSSR count). The molecule has 0 spiro atoms. The Balaban J connectivity index is 2.20. The second kappa shape index (κ2) is 7.54. The standard InChI is InChI=1S/C15H21N5O/c1-4-20(13-7-5-6-12(2)10-13)15-18-14(11-17-19-15)16-8-9-21-3/h5-7,10-11H,4,8-9H2,1-3H3,(H,16,18,19). The van der Waals surface area contributed by atoms with Crippen LogP contribution in [0.4, 0.5) is 17.5 Å². The van der Waals surface area contributed by atoms with Crippen LogP contribution in [0.2, 0.25) is 0 Å². The number of anilines is 3. The van der Waals surface area contributed by atoms with Crippen LogP contribution in [0.1, 0.15) is 12.5 Å². The Morgan fingerprint density at radius 1 is 1.33 bits per heavy atom. The third-order valence-corrected chi connectivity index (χ3v) is 3.03. The van der Waals surface area contributed by atoms with Crippen LogP contribution in [0.25, 0.3) is 0 Å². The smallest absolute Gasteiger partial charge is 0.251 e. The fraction of sp³-hybridized carbons (Fsp3) is 0.400. The SMILES string of the molecule is CCN(c1cccc(C)c1)c1nncc(NCCOC)n1. The van der Waals surface area contributed by atoms with E-state index >= 15 is 0 Å². The van der Waals surface area contributed by atoms with Gasteiger partial charge in [0.25, 0.3) is 5.95 Å². The van der Waals surface area contributed by atoms with Crippen LogP contribution >= 0.6 is 0 Å². The minimum absolute atomic E-state index is 0.588. The maximum atomic E-state index is 5.01. The molecule has 1 N–H and O–H groups in total. The lowest BCUT2D eigenvalue weighted by Crippen LogP contribution is -2.20. The molecule has 1 heterocycles. The van der Waals surface area contributed by atoms with Gasteiger partial charge < -0.3 is 15.0 Å². The van der Waals surface area contributed by atoms with Crippen molar-refractivity contribution in [3.63, 3.8) is 0 Å². The minimum Gasteiger partial charge on any atom is -0.383 e. The summed E-state index contributed by atoms with van der Waals surface area (Å²) in [5, 5.41) is 11.3. The number of ether oxygens (including phenoxy) is 1. The number of methoxy groups -OCH3 is 1. The lowest BCUT2D eigenvalue weighted by atomic mass is 10.2. The number of hydrogen-bond donors (Lipinski definition) is 1. The Morgan fingerprint density at radius 2 is 2.19 bits per heavy atom. The summed E-state index contributed by atoms with van der Waals surface area (Å²) in [4.78, 5) is 6.54. The highest BCUT2D eigenvalue weighted by Gasteiger charge is 2.11. The second-order valence-corrected chi connectivity index (χ2v) is 4.64. The second-order valence-electron chi connectivity index (χ2n) is 4.64. The predicted octanol–water partition coefficient (Wildman–Crippen LogP) is 2.40. The van der Waals surface area contributed by atoms with Gasteiger partial charge in [0.2, 0.25) is 0 Å². The lowest BCUT2D eigenvalue weighted by Gasteiger charge is -2.21. The van der Waals surface area contributed by atoms with Gasteiger partial charge in [-0.3, -0.25) is 0 Å². The fourth-order valence-corrected chi connectivity index (χ4v) is 2.01. The zero-order chi connectivity index (χ0) is 15.1. The third kappa shape index (κ3) is 4.13. The van der Waals surface area contributed by atoms with Gasteiger partial charge in [0.1, 0.15) is 0 Å². The Labute approximate surface area is 125 Å². The van der Waals surface area contributed by atoms with Crippen LogP contribution < -0.4 is 10.2 Å². The van der Waals surface area contributed by atoms with Crippen molar-refractivity contribution in [1.29, 1.82) is 0 Å². The first kappa shape index (κ1) is 15.2. The molecule has 0 fully saturated rings. The highest BCUT2D eigenvalue weighted by atomic mass is 16.5. The van der Waals surface area contributed by atoms with E-state index in [1.165, 1.54) is 5.56 Å². The van der Waals surface area contributed by atoms with Crippen molar-refractivity contribution < 1.29 is 4.74 Å². The summed E-state index contributed by atoms with van der Waals surface area (Å²) in [5.41, 5.74) is 2.27. The van der Waals surface area contributed by atoms with Gasteiger partial charge in [-0.2, -0.15) is 10.1 Å². The maximum absolute atomic E-state index is 5.01. The van der Waals surface area contributed by atoms with Crippen molar-refractivity contribution >= 4 is 17.5 Å². The molecule has 1 aromatic heterocycles. The van der Waals surface area contributed by atoms with Crippen LogP contribution in [0.3, 0.4) is 0 Å². The van der Waals surface area contributed by atoms with Gasteiger partial charge >= 0.3 is 0 Å². The van der Waals surface area contributed by atoms with E-state index in [0.717, 1.165) is 12.2 Å². The van der Waals surface area contributed by atoms with Crippen LogP contribution in [0.5, 0.6) is 0 Å². The topological polar surface area (TPSA) is 63.2 Å². The zero-order valence-electron chi connectivity index (χ0n) is 12.7. The molecule has 0 atom stereocenters. The van der Waals surface area contributed by atoms with Gasteiger partial charge in [-0.1, -0.05) is 12.1 Å². The van der Waals surface area contributed by atoms with E-state index in [4.69, 9.17) is 4.74 Å². The van der Waals surface area contributed by atoms with E-state index in [1.807, 2.05) is 17.0 Å².